The molecule has 0 amide bonds. The van der Waals surface area contributed by atoms with E-state index in [4.69, 9.17) is 4.74 Å². The van der Waals surface area contributed by atoms with Crippen LogP contribution in [-0.4, -0.2) is 25.7 Å². The van der Waals surface area contributed by atoms with Gasteiger partial charge in [0.05, 0.1) is 13.7 Å². The van der Waals surface area contributed by atoms with Crippen LogP contribution in [0.4, 0.5) is 0 Å². The molecule has 0 aromatic carbocycles. The largest absolute Gasteiger partial charge is 0.468 e. The van der Waals surface area contributed by atoms with Gasteiger partial charge in [0.1, 0.15) is 12.8 Å². The van der Waals surface area contributed by atoms with Gasteiger partial charge in [-0.2, -0.15) is 0 Å². The summed E-state index contributed by atoms with van der Waals surface area (Å²) in [7, 11) is 1.29. The van der Waals surface area contributed by atoms with E-state index in [0.29, 0.717) is 6.61 Å². The number of carbonyl (C=O) groups excluding carboxylic acids is 2. The molecule has 0 aromatic rings. The summed E-state index contributed by atoms with van der Waals surface area (Å²) < 4.78 is 9.13. The zero-order valence-electron chi connectivity index (χ0n) is 8.46. The second-order valence-corrected chi connectivity index (χ2v) is 2.50. The summed E-state index contributed by atoms with van der Waals surface area (Å²) in [5, 5.41) is 0. The van der Waals surface area contributed by atoms with Crippen molar-refractivity contribution in [2.24, 2.45) is 0 Å². The van der Waals surface area contributed by atoms with E-state index in [0.717, 1.165) is 6.42 Å². The molecule has 0 spiro atoms. The van der Waals surface area contributed by atoms with Crippen LogP contribution in [0.1, 0.15) is 26.2 Å². The number of ether oxygens (including phenoxy) is 2. The van der Waals surface area contributed by atoms with Gasteiger partial charge in [0.25, 0.3) is 0 Å². The monoisotopic (exact) mass is 198 g/mol. The standard InChI is InChI=1S/C10H14O4/c1-3-8-14-10(12)7-5-4-6-9(11)13-2/h3,6-8H2,1-2H3. The van der Waals surface area contributed by atoms with E-state index in [-0.39, 0.29) is 18.8 Å². The molecule has 0 aliphatic carbocycles. The predicted molar refractivity (Wildman–Crippen MR) is 50.3 cm³/mol. The molecule has 0 aliphatic rings. The molecular formula is C10H14O4. The van der Waals surface area contributed by atoms with Gasteiger partial charge in [0.15, 0.2) is 0 Å². The Hall–Kier alpha value is -1.50. The Morgan fingerprint density at radius 2 is 1.71 bits per heavy atom. The number of methoxy groups -OCH3 is 1. The summed E-state index contributed by atoms with van der Waals surface area (Å²) in [5.74, 6) is 4.29. The molecule has 0 rings (SSSR count). The maximum Gasteiger partial charge on any atom is 0.317 e. The van der Waals surface area contributed by atoms with Gasteiger partial charge in [-0.25, -0.2) is 0 Å². The van der Waals surface area contributed by atoms with Gasteiger partial charge >= 0.3 is 11.9 Å². The van der Waals surface area contributed by atoms with Crippen molar-refractivity contribution >= 4 is 11.9 Å². The second kappa shape index (κ2) is 8.11. The quantitative estimate of drug-likeness (QED) is 0.497. The van der Waals surface area contributed by atoms with Crippen LogP contribution in [0.15, 0.2) is 0 Å². The van der Waals surface area contributed by atoms with E-state index in [1.54, 1.807) is 0 Å². The van der Waals surface area contributed by atoms with Crippen LogP contribution in [0.2, 0.25) is 0 Å². The average molecular weight is 198 g/mol. The Morgan fingerprint density at radius 3 is 2.21 bits per heavy atom. The molecule has 0 N–H and O–H groups in total. The number of hydrogen-bond donors (Lipinski definition) is 0. The summed E-state index contributed by atoms with van der Waals surface area (Å²) in [6, 6.07) is 0. The highest BCUT2D eigenvalue weighted by molar-refractivity contribution is 5.74. The molecule has 0 bridgehead atoms. The number of hydrogen-bond acceptors (Lipinski definition) is 4. The lowest BCUT2D eigenvalue weighted by Gasteiger charge is -1.97. The molecule has 4 heteroatoms. The van der Waals surface area contributed by atoms with Crippen molar-refractivity contribution in [3.8, 4) is 11.8 Å². The summed E-state index contributed by atoms with van der Waals surface area (Å²) >= 11 is 0. The van der Waals surface area contributed by atoms with Crippen LogP contribution in [0.5, 0.6) is 0 Å². The van der Waals surface area contributed by atoms with E-state index in [2.05, 4.69) is 16.6 Å². The fourth-order valence-electron chi connectivity index (χ4n) is 0.608. The van der Waals surface area contributed by atoms with Gasteiger partial charge < -0.3 is 9.47 Å². The molecule has 0 saturated heterocycles. The number of rotatable bonds is 4. The molecule has 0 saturated carbocycles. The number of esters is 2. The first-order chi connectivity index (χ1) is 6.70. The Kier molecular flexibility index (Phi) is 7.24. The zero-order chi connectivity index (χ0) is 10.8. The fourth-order valence-corrected chi connectivity index (χ4v) is 0.608. The van der Waals surface area contributed by atoms with E-state index >= 15 is 0 Å². The highest BCUT2D eigenvalue weighted by Crippen LogP contribution is 1.87. The van der Waals surface area contributed by atoms with Crippen molar-refractivity contribution in [3.63, 3.8) is 0 Å². The maximum absolute atomic E-state index is 10.9. The Labute approximate surface area is 83.6 Å². The molecule has 0 radical (unpaired) electrons. The van der Waals surface area contributed by atoms with E-state index in [1.165, 1.54) is 7.11 Å². The van der Waals surface area contributed by atoms with E-state index in [9.17, 15) is 9.59 Å². The molecule has 0 unspecified atom stereocenters. The average Bonchev–Trinajstić information content (AvgIpc) is 2.21. The second-order valence-electron chi connectivity index (χ2n) is 2.50. The Morgan fingerprint density at radius 1 is 1.14 bits per heavy atom. The van der Waals surface area contributed by atoms with Crippen molar-refractivity contribution in [3.05, 3.63) is 0 Å². The third kappa shape index (κ3) is 7.17. The van der Waals surface area contributed by atoms with Crippen LogP contribution < -0.4 is 0 Å². The molecule has 78 valence electrons. The van der Waals surface area contributed by atoms with Crippen LogP contribution in [-0.2, 0) is 19.1 Å². The summed E-state index contributed by atoms with van der Waals surface area (Å²) in [6.45, 7) is 2.33. The van der Waals surface area contributed by atoms with Crippen LogP contribution >= 0.6 is 0 Å². The van der Waals surface area contributed by atoms with Gasteiger partial charge in [-0.05, 0) is 6.42 Å². The third-order valence-electron chi connectivity index (χ3n) is 1.29. The van der Waals surface area contributed by atoms with E-state index in [1.807, 2.05) is 6.92 Å². The van der Waals surface area contributed by atoms with Crippen molar-refractivity contribution in [1.82, 2.24) is 0 Å². The van der Waals surface area contributed by atoms with Crippen molar-refractivity contribution in [1.29, 1.82) is 0 Å². The minimum absolute atomic E-state index is 0.0115. The molecule has 0 aliphatic heterocycles. The molecule has 0 fully saturated rings. The smallest absolute Gasteiger partial charge is 0.317 e. The van der Waals surface area contributed by atoms with Crippen molar-refractivity contribution in [2.45, 2.75) is 26.2 Å². The summed E-state index contributed by atoms with van der Waals surface area (Å²) in [4.78, 5) is 21.5. The highest BCUT2D eigenvalue weighted by atomic mass is 16.5. The van der Waals surface area contributed by atoms with Gasteiger partial charge in [-0.1, -0.05) is 18.8 Å². The molecule has 0 aromatic heterocycles. The molecule has 4 nitrogen and oxygen atoms in total. The summed E-state index contributed by atoms with van der Waals surface area (Å²) in [6.07, 6.45) is 0.829. The van der Waals surface area contributed by atoms with Crippen LogP contribution in [0, 0.1) is 11.8 Å². The highest BCUT2D eigenvalue weighted by Gasteiger charge is 1.98. The SMILES string of the molecule is CCCOC(=O)CC#CCC(=O)OC. The molecular weight excluding hydrogens is 184 g/mol. The molecule has 0 heterocycles. The topological polar surface area (TPSA) is 52.6 Å². The minimum atomic E-state index is -0.403. The van der Waals surface area contributed by atoms with Crippen molar-refractivity contribution < 1.29 is 19.1 Å². The first-order valence-corrected chi connectivity index (χ1v) is 4.38. The minimum Gasteiger partial charge on any atom is -0.468 e. The predicted octanol–water partition coefficient (Wildman–Crippen LogP) is 0.896. The maximum atomic E-state index is 10.9. The third-order valence-corrected chi connectivity index (χ3v) is 1.29. The number of carbonyl (C=O) groups is 2. The van der Waals surface area contributed by atoms with Gasteiger partial charge in [-0.3, -0.25) is 9.59 Å². The summed E-state index contributed by atoms with van der Waals surface area (Å²) in [5.41, 5.74) is 0. The lowest BCUT2D eigenvalue weighted by atomic mass is 10.4. The van der Waals surface area contributed by atoms with Crippen LogP contribution in [0.25, 0.3) is 0 Å². The Bertz CT molecular complexity index is 247. The van der Waals surface area contributed by atoms with Crippen molar-refractivity contribution in [2.75, 3.05) is 13.7 Å². The normalized spacial score (nSPS) is 8.43. The van der Waals surface area contributed by atoms with Gasteiger partial charge in [0.2, 0.25) is 0 Å². The molecule has 14 heavy (non-hydrogen) atoms. The first-order valence-electron chi connectivity index (χ1n) is 4.38. The van der Waals surface area contributed by atoms with E-state index < -0.39 is 5.97 Å². The Balaban J connectivity index is 3.59. The lowest BCUT2D eigenvalue weighted by molar-refractivity contribution is -0.142. The molecule has 0 atom stereocenters. The van der Waals surface area contributed by atoms with Gasteiger partial charge in [-0.15, -0.1) is 0 Å². The lowest BCUT2D eigenvalue weighted by Crippen LogP contribution is -2.03. The van der Waals surface area contributed by atoms with Gasteiger partial charge in [0, 0.05) is 0 Å². The zero-order valence-corrected chi connectivity index (χ0v) is 8.46. The first kappa shape index (κ1) is 12.5. The fraction of sp³-hybridized carbons (Fsp3) is 0.600. The van der Waals surface area contributed by atoms with Crippen LogP contribution in [0.3, 0.4) is 0 Å².